The molecule has 132 valence electrons. The zero-order valence-corrected chi connectivity index (χ0v) is 14.8. The second kappa shape index (κ2) is 8.19. The Morgan fingerprint density at radius 2 is 1.92 bits per heavy atom. The molecule has 1 aromatic heterocycles. The Morgan fingerprint density at radius 3 is 2.52 bits per heavy atom. The molecule has 0 unspecified atom stereocenters. The number of carbonyl (C=O) groups excluding carboxylic acids is 2. The van der Waals surface area contributed by atoms with Gasteiger partial charge in [0.05, 0.1) is 7.11 Å². The van der Waals surface area contributed by atoms with E-state index in [2.05, 4.69) is 10.1 Å². The van der Waals surface area contributed by atoms with Crippen LogP contribution in [0.1, 0.15) is 27.4 Å². The zero-order chi connectivity index (χ0) is 18.4. The topological polar surface area (TPSA) is 71.8 Å². The van der Waals surface area contributed by atoms with E-state index < -0.39 is 5.97 Å². The molecule has 0 fully saturated rings. The van der Waals surface area contributed by atoms with Gasteiger partial charge in [-0.15, -0.1) is 0 Å². The minimum absolute atomic E-state index is 0.245. The monoisotopic (exact) mass is 342 g/mol. The molecule has 0 atom stereocenters. The number of hydrogen-bond donors (Lipinski definition) is 1. The summed E-state index contributed by atoms with van der Waals surface area (Å²) >= 11 is 0. The van der Waals surface area contributed by atoms with Gasteiger partial charge >= 0.3 is 5.97 Å². The number of benzene rings is 1. The highest BCUT2D eigenvalue weighted by Crippen LogP contribution is 2.17. The number of ether oxygens (including phenoxy) is 1. The minimum atomic E-state index is -0.466. The van der Waals surface area contributed by atoms with Gasteiger partial charge < -0.3 is 19.4 Å². The van der Waals surface area contributed by atoms with Crippen molar-refractivity contribution in [2.24, 2.45) is 0 Å². The lowest BCUT2D eigenvalue weighted by atomic mass is 10.2. The summed E-state index contributed by atoms with van der Waals surface area (Å²) < 4.78 is 10.1. The minimum Gasteiger partial charge on any atom is -0.465 e. The zero-order valence-electron chi connectivity index (χ0n) is 14.8. The van der Waals surface area contributed by atoms with Crippen LogP contribution >= 0.6 is 0 Å². The van der Waals surface area contributed by atoms with E-state index in [4.69, 9.17) is 4.42 Å². The van der Waals surface area contributed by atoms with Crippen LogP contribution in [0.25, 0.3) is 6.08 Å². The first-order valence-electron chi connectivity index (χ1n) is 7.81. The van der Waals surface area contributed by atoms with Crippen LogP contribution in [0.15, 0.2) is 40.8 Å². The lowest BCUT2D eigenvalue weighted by Crippen LogP contribution is -2.20. The molecule has 6 heteroatoms. The number of nitrogens with one attached hydrogen (secondary N) is 1. The predicted molar refractivity (Wildman–Crippen MR) is 96.4 cm³/mol. The summed E-state index contributed by atoms with van der Waals surface area (Å²) in [6, 6.07) is 9.48. The van der Waals surface area contributed by atoms with Gasteiger partial charge in [0.15, 0.2) is 0 Å². The molecule has 0 aliphatic carbocycles. The van der Waals surface area contributed by atoms with Gasteiger partial charge in [0.1, 0.15) is 17.1 Å². The largest absolute Gasteiger partial charge is 0.465 e. The molecule has 0 aliphatic heterocycles. The van der Waals surface area contributed by atoms with E-state index >= 15 is 0 Å². The molecule has 0 radical (unpaired) electrons. The highest BCUT2D eigenvalue weighted by atomic mass is 16.5. The van der Waals surface area contributed by atoms with Crippen LogP contribution < -0.4 is 10.2 Å². The Hall–Kier alpha value is -3.02. The van der Waals surface area contributed by atoms with Gasteiger partial charge in [-0.05, 0) is 36.8 Å². The number of anilines is 1. The highest BCUT2D eigenvalue weighted by Gasteiger charge is 2.14. The maximum Gasteiger partial charge on any atom is 0.341 e. The molecule has 6 nitrogen and oxygen atoms in total. The second-order valence-electron chi connectivity index (χ2n) is 5.72. The first kappa shape index (κ1) is 18.3. The van der Waals surface area contributed by atoms with Crippen molar-refractivity contribution < 1.29 is 18.7 Å². The molecule has 0 spiro atoms. The van der Waals surface area contributed by atoms with Crippen LogP contribution in [0.5, 0.6) is 0 Å². The molecule has 1 heterocycles. The van der Waals surface area contributed by atoms with Crippen LogP contribution in [0.3, 0.4) is 0 Å². The second-order valence-corrected chi connectivity index (χ2v) is 5.72. The van der Waals surface area contributed by atoms with Gasteiger partial charge in [0, 0.05) is 32.4 Å². The van der Waals surface area contributed by atoms with Gasteiger partial charge in [-0.3, -0.25) is 4.79 Å². The summed E-state index contributed by atoms with van der Waals surface area (Å²) in [6.07, 6.45) is 2.89. The summed E-state index contributed by atoms with van der Waals surface area (Å²) in [5, 5.41) is 2.80. The average molecular weight is 342 g/mol. The number of furan rings is 1. The Labute approximate surface area is 147 Å². The Morgan fingerprint density at radius 1 is 1.24 bits per heavy atom. The number of carbonyl (C=O) groups is 2. The van der Waals surface area contributed by atoms with Crippen LogP contribution in [0, 0.1) is 6.92 Å². The SMILES string of the molecule is COC(=O)c1cc(C=CC(=O)NCc2ccc(N(C)C)cc2)oc1C. The Kier molecular flexibility index (Phi) is 6.00. The molecule has 0 aliphatic rings. The quantitative estimate of drug-likeness (QED) is 0.646. The van der Waals surface area contributed by atoms with E-state index in [1.807, 2.05) is 43.3 Å². The van der Waals surface area contributed by atoms with E-state index in [1.54, 1.807) is 13.0 Å². The van der Waals surface area contributed by atoms with Crippen molar-refractivity contribution in [1.29, 1.82) is 0 Å². The smallest absolute Gasteiger partial charge is 0.341 e. The van der Waals surface area contributed by atoms with Gasteiger partial charge in [-0.2, -0.15) is 0 Å². The number of methoxy groups -OCH3 is 1. The third-order valence-electron chi connectivity index (χ3n) is 3.66. The molecule has 1 N–H and O–H groups in total. The summed E-state index contributed by atoms with van der Waals surface area (Å²) in [7, 11) is 5.26. The summed E-state index contributed by atoms with van der Waals surface area (Å²) in [6.45, 7) is 2.10. The molecule has 25 heavy (non-hydrogen) atoms. The fourth-order valence-corrected chi connectivity index (χ4v) is 2.22. The van der Waals surface area contributed by atoms with Gasteiger partial charge in [-0.1, -0.05) is 12.1 Å². The highest BCUT2D eigenvalue weighted by molar-refractivity contribution is 5.93. The number of hydrogen-bond acceptors (Lipinski definition) is 5. The molecule has 2 aromatic rings. The van der Waals surface area contributed by atoms with Gasteiger partial charge in [-0.25, -0.2) is 4.79 Å². The third-order valence-corrected chi connectivity index (χ3v) is 3.66. The van der Waals surface area contributed by atoms with E-state index in [1.165, 1.54) is 19.3 Å². The van der Waals surface area contributed by atoms with Crippen molar-refractivity contribution in [3.63, 3.8) is 0 Å². The molecule has 0 bridgehead atoms. The van der Waals surface area contributed by atoms with E-state index in [9.17, 15) is 9.59 Å². The number of aryl methyl sites for hydroxylation is 1. The molecule has 0 saturated heterocycles. The molecule has 2 rings (SSSR count). The normalized spacial score (nSPS) is 10.7. The molecular weight excluding hydrogens is 320 g/mol. The maximum absolute atomic E-state index is 11.9. The lowest BCUT2D eigenvalue weighted by molar-refractivity contribution is -0.116. The number of amides is 1. The van der Waals surface area contributed by atoms with E-state index in [0.717, 1.165) is 11.3 Å². The summed E-state index contributed by atoms with van der Waals surface area (Å²) in [5.74, 6) is 0.160. The Bertz CT molecular complexity index is 773. The average Bonchev–Trinajstić information content (AvgIpc) is 2.98. The van der Waals surface area contributed by atoms with E-state index in [0.29, 0.717) is 23.6 Å². The molecular formula is C19H22N2O4. The lowest BCUT2D eigenvalue weighted by Gasteiger charge is -2.12. The first-order valence-corrected chi connectivity index (χ1v) is 7.81. The Balaban J connectivity index is 1.91. The number of rotatable bonds is 6. The molecule has 1 aromatic carbocycles. The fraction of sp³-hybridized carbons (Fsp3) is 0.263. The van der Waals surface area contributed by atoms with Crippen LogP contribution in [0.4, 0.5) is 5.69 Å². The van der Waals surface area contributed by atoms with Crippen LogP contribution in [-0.2, 0) is 16.1 Å². The van der Waals surface area contributed by atoms with E-state index in [-0.39, 0.29) is 5.91 Å². The third kappa shape index (κ3) is 4.97. The van der Waals surface area contributed by atoms with Gasteiger partial charge in [0.2, 0.25) is 5.91 Å². The number of nitrogens with zero attached hydrogens (tertiary/aromatic N) is 1. The molecule has 0 saturated carbocycles. The summed E-state index contributed by atoms with van der Waals surface area (Å²) in [5.41, 5.74) is 2.46. The predicted octanol–water partition coefficient (Wildman–Crippen LogP) is 2.77. The van der Waals surface area contributed by atoms with Crippen molar-refractivity contribution in [3.05, 3.63) is 59.1 Å². The fourth-order valence-electron chi connectivity index (χ4n) is 2.22. The molecule has 1 amide bonds. The van der Waals surface area contributed by atoms with Crippen molar-refractivity contribution in [1.82, 2.24) is 5.32 Å². The summed E-state index contributed by atoms with van der Waals surface area (Å²) in [4.78, 5) is 25.4. The van der Waals surface area contributed by atoms with Crippen molar-refractivity contribution in [2.45, 2.75) is 13.5 Å². The van der Waals surface area contributed by atoms with Crippen molar-refractivity contribution in [2.75, 3.05) is 26.1 Å². The maximum atomic E-state index is 11.9. The van der Waals surface area contributed by atoms with Crippen LogP contribution in [0.2, 0.25) is 0 Å². The first-order chi connectivity index (χ1) is 11.9. The number of esters is 1. The van der Waals surface area contributed by atoms with Gasteiger partial charge in [0.25, 0.3) is 0 Å². The van der Waals surface area contributed by atoms with Crippen LogP contribution in [-0.4, -0.2) is 33.1 Å². The standard InChI is InChI=1S/C19H22N2O4/c1-13-17(19(23)24-4)11-16(25-13)9-10-18(22)20-12-14-5-7-15(8-6-14)21(2)3/h5-11H,12H2,1-4H3,(H,20,22). The van der Waals surface area contributed by atoms with Crippen molar-refractivity contribution >= 4 is 23.6 Å². The van der Waals surface area contributed by atoms with Crippen molar-refractivity contribution in [3.8, 4) is 0 Å².